The molecule has 0 unspecified atom stereocenters. The van der Waals surface area contributed by atoms with E-state index in [1.54, 1.807) is 0 Å². The van der Waals surface area contributed by atoms with Gasteiger partial charge in [-0.25, -0.2) is 8.42 Å². The lowest BCUT2D eigenvalue weighted by molar-refractivity contribution is -0.925. The average Bonchev–Trinajstić information content (AvgIpc) is 3.14. The van der Waals surface area contributed by atoms with Gasteiger partial charge in [0, 0.05) is 19.6 Å². The fourth-order valence-corrected chi connectivity index (χ4v) is 5.73. The number of nitrogens with zero attached hydrogens (tertiary/aromatic N) is 1. The molecule has 3 saturated heterocycles. The van der Waals surface area contributed by atoms with Crippen molar-refractivity contribution in [3.8, 4) is 0 Å². The van der Waals surface area contributed by atoms with Gasteiger partial charge < -0.3 is 19.9 Å². The van der Waals surface area contributed by atoms with Gasteiger partial charge >= 0.3 is 0 Å². The minimum absolute atomic E-state index is 0.292. The fraction of sp³-hybridized carbons (Fsp3) is 0.929. The third-order valence-electron chi connectivity index (χ3n) is 5.01. The van der Waals surface area contributed by atoms with E-state index in [2.05, 4.69) is 10.2 Å². The Hall–Kier alpha value is -0.440. The summed E-state index contributed by atoms with van der Waals surface area (Å²) in [6.45, 7) is 5.43. The monoisotopic (exact) mass is 348 g/mol. The van der Waals surface area contributed by atoms with Crippen molar-refractivity contribution in [1.29, 1.82) is 0 Å². The Bertz CT molecular complexity index is 497. The summed E-state index contributed by atoms with van der Waals surface area (Å²) in [7, 11) is -2.78. The van der Waals surface area contributed by atoms with Crippen molar-refractivity contribution in [3.05, 3.63) is 0 Å². The van der Waals surface area contributed by atoms with E-state index in [1.807, 2.05) is 0 Å². The number of hydrogen-bond donors (Lipinski definition) is 2. The summed E-state index contributed by atoms with van der Waals surface area (Å²) >= 11 is 5.47. The van der Waals surface area contributed by atoms with Crippen LogP contribution in [0.4, 0.5) is 0 Å². The molecule has 2 atom stereocenters. The van der Waals surface area contributed by atoms with Gasteiger partial charge in [-0.3, -0.25) is 0 Å². The maximum absolute atomic E-state index is 11.6. The van der Waals surface area contributed by atoms with Crippen molar-refractivity contribution in [2.45, 2.75) is 31.4 Å². The molecule has 0 amide bonds. The normalized spacial score (nSPS) is 32.3. The van der Waals surface area contributed by atoms with Crippen molar-refractivity contribution in [2.75, 3.05) is 50.8 Å². The summed E-state index contributed by atoms with van der Waals surface area (Å²) in [4.78, 5) is 3.64. The van der Waals surface area contributed by atoms with Crippen LogP contribution in [-0.4, -0.2) is 81.4 Å². The Labute approximate surface area is 138 Å². The summed E-state index contributed by atoms with van der Waals surface area (Å²) in [5.41, 5.74) is 0. The van der Waals surface area contributed by atoms with Crippen LogP contribution in [0.5, 0.6) is 0 Å². The summed E-state index contributed by atoms with van der Waals surface area (Å²) in [6.07, 6.45) is 3.38. The molecular formula is C14H26N3O3S2+. The Kier molecular flexibility index (Phi) is 5.21. The first-order valence-corrected chi connectivity index (χ1v) is 10.5. The maximum atomic E-state index is 11.6. The molecule has 6 nitrogen and oxygen atoms in total. The van der Waals surface area contributed by atoms with Crippen LogP contribution < -0.4 is 10.2 Å². The van der Waals surface area contributed by atoms with Gasteiger partial charge in [-0.15, -0.1) is 0 Å². The van der Waals surface area contributed by atoms with E-state index < -0.39 is 9.84 Å². The molecular weight excluding hydrogens is 322 g/mol. The van der Waals surface area contributed by atoms with Gasteiger partial charge in [-0.05, 0) is 25.1 Å². The van der Waals surface area contributed by atoms with Gasteiger partial charge in [0.05, 0.1) is 38.0 Å². The molecule has 0 saturated carbocycles. The third kappa shape index (κ3) is 4.10. The average molecular weight is 349 g/mol. The van der Waals surface area contributed by atoms with E-state index in [4.69, 9.17) is 17.0 Å². The maximum Gasteiger partial charge on any atom is 0.169 e. The molecule has 3 rings (SSSR count). The lowest BCUT2D eigenvalue weighted by Crippen LogP contribution is -3.18. The van der Waals surface area contributed by atoms with Crippen LogP contribution in [0.1, 0.15) is 19.3 Å². The predicted molar refractivity (Wildman–Crippen MR) is 88.9 cm³/mol. The van der Waals surface area contributed by atoms with Crippen LogP contribution in [0.25, 0.3) is 0 Å². The van der Waals surface area contributed by atoms with Crippen LogP contribution in [0.2, 0.25) is 0 Å². The van der Waals surface area contributed by atoms with Crippen molar-refractivity contribution in [2.24, 2.45) is 0 Å². The predicted octanol–water partition coefficient (Wildman–Crippen LogP) is -1.57. The molecule has 3 heterocycles. The van der Waals surface area contributed by atoms with Gasteiger partial charge in [0.15, 0.2) is 14.9 Å². The third-order valence-corrected chi connectivity index (χ3v) is 7.18. The van der Waals surface area contributed by atoms with E-state index in [1.165, 1.54) is 4.90 Å². The molecule has 0 aliphatic carbocycles. The largest absolute Gasteiger partial charge is 0.376 e. The molecule has 0 bridgehead atoms. The number of hydrogen-bond acceptors (Lipinski definition) is 4. The van der Waals surface area contributed by atoms with E-state index in [9.17, 15) is 8.42 Å². The van der Waals surface area contributed by atoms with Gasteiger partial charge in [-0.2, -0.15) is 0 Å². The second-order valence-electron chi connectivity index (χ2n) is 6.57. The number of thiocarbonyl (C=S) groups is 1. The Balaban J connectivity index is 1.40. The number of piperazine rings is 1. The molecule has 0 aromatic carbocycles. The van der Waals surface area contributed by atoms with Gasteiger partial charge in [-0.1, -0.05) is 0 Å². The molecule has 0 aromatic heterocycles. The second-order valence-corrected chi connectivity index (χ2v) is 9.18. The smallest absolute Gasteiger partial charge is 0.169 e. The molecule has 0 spiro atoms. The molecule has 3 fully saturated rings. The zero-order valence-corrected chi connectivity index (χ0v) is 14.6. The zero-order valence-electron chi connectivity index (χ0n) is 12.9. The van der Waals surface area contributed by atoms with E-state index in [0.29, 0.717) is 23.7 Å². The number of nitrogens with one attached hydrogen (secondary N) is 2. The molecule has 0 radical (unpaired) electrons. The Morgan fingerprint density at radius 1 is 1.32 bits per heavy atom. The quantitative estimate of drug-likeness (QED) is 0.601. The summed E-state index contributed by atoms with van der Waals surface area (Å²) in [5.74, 6) is 0.732. The van der Waals surface area contributed by atoms with Crippen molar-refractivity contribution in [1.82, 2.24) is 10.2 Å². The van der Waals surface area contributed by atoms with E-state index >= 15 is 0 Å². The zero-order chi connectivity index (χ0) is 15.6. The topological polar surface area (TPSA) is 63.1 Å². The van der Waals surface area contributed by atoms with Gasteiger partial charge in [0.25, 0.3) is 0 Å². The van der Waals surface area contributed by atoms with E-state index in [-0.39, 0.29) is 0 Å². The van der Waals surface area contributed by atoms with Gasteiger partial charge in [0.2, 0.25) is 0 Å². The number of rotatable bonds is 3. The highest BCUT2D eigenvalue weighted by Gasteiger charge is 2.37. The molecule has 8 heteroatoms. The Morgan fingerprint density at radius 3 is 2.68 bits per heavy atom. The molecule has 3 aliphatic rings. The molecule has 126 valence electrons. The number of sulfone groups is 1. The highest BCUT2D eigenvalue weighted by atomic mass is 32.2. The lowest BCUT2D eigenvalue weighted by Gasteiger charge is -2.36. The highest BCUT2D eigenvalue weighted by Crippen LogP contribution is 2.11. The van der Waals surface area contributed by atoms with E-state index in [0.717, 1.165) is 63.7 Å². The van der Waals surface area contributed by atoms with Crippen LogP contribution in [0, 0.1) is 0 Å². The minimum atomic E-state index is -2.78. The lowest BCUT2D eigenvalue weighted by atomic mass is 10.2. The van der Waals surface area contributed by atoms with Crippen LogP contribution >= 0.6 is 12.2 Å². The molecule has 22 heavy (non-hydrogen) atoms. The van der Waals surface area contributed by atoms with Crippen LogP contribution in [0.3, 0.4) is 0 Å². The van der Waals surface area contributed by atoms with Crippen LogP contribution in [0.15, 0.2) is 0 Å². The SMILES string of the molecule is O=S1(=O)CC[C@@H]([NH+]2CCN(C(=S)NC[C@@H]3CCCO3)CC2)C1. The van der Waals surface area contributed by atoms with Crippen molar-refractivity contribution in [3.63, 3.8) is 0 Å². The summed E-state index contributed by atoms with van der Waals surface area (Å²) < 4.78 is 28.8. The second kappa shape index (κ2) is 6.98. The minimum Gasteiger partial charge on any atom is -0.376 e. The van der Waals surface area contributed by atoms with Crippen molar-refractivity contribution >= 4 is 27.2 Å². The highest BCUT2D eigenvalue weighted by molar-refractivity contribution is 7.91. The standard InChI is InChI=1S/C14H25N3O3S2/c18-22(19)9-3-12(11-22)16-4-6-17(7-5-16)14(21)15-10-13-2-1-8-20-13/h12-13H,1-11H2,(H,15,21)/p+1/t12-,13+/m1/s1. The molecule has 0 aromatic rings. The first kappa shape index (κ1) is 16.4. The Morgan fingerprint density at radius 2 is 2.09 bits per heavy atom. The van der Waals surface area contributed by atoms with Crippen molar-refractivity contribution < 1.29 is 18.1 Å². The first-order valence-electron chi connectivity index (χ1n) is 8.23. The summed E-state index contributed by atoms with van der Waals surface area (Å²) in [5, 5.41) is 4.13. The number of quaternary nitrogens is 1. The molecule has 3 aliphatic heterocycles. The first-order chi connectivity index (χ1) is 10.5. The van der Waals surface area contributed by atoms with Crippen LogP contribution in [-0.2, 0) is 14.6 Å². The number of ether oxygens (including phenoxy) is 1. The fourth-order valence-electron chi connectivity index (χ4n) is 3.64. The molecule has 2 N–H and O–H groups in total. The van der Waals surface area contributed by atoms with Gasteiger partial charge in [0.1, 0.15) is 11.8 Å². The summed E-state index contributed by atoms with van der Waals surface area (Å²) in [6, 6.07) is 0.292.